The average molecular weight is 255 g/mol. The predicted octanol–water partition coefficient (Wildman–Crippen LogP) is 1.82. The van der Waals surface area contributed by atoms with Crippen molar-refractivity contribution >= 4 is 16.8 Å². The largest absolute Gasteiger partial charge is 0.368 e. The topological polar surface area (TPSA) is 68.0 Å². The molecular formula is C15H17N3O. The molecule has 1 saturated carbocycles. The van der Waals surface area contributed by atoms with Gasteiger partial charge in [-0.25, -0.2) is 0 Å². The molecule has 1 aliphatic rings. The maximum Gasteiger partial charge on any atom is 0.239 e. The first-order valence-electron chi connectivity index (χ1n) is 6.56. The number of nitrogens with one attached hydrogen (secondary N) is 1. The molecule has 1 atom stereocenters. The number of hydrogen-bond acceptors (Lipinski definition) is 3. The molecule has 3 N–H and O–H groups in total. The van der Waals surface area contributed by atoms with Crippen molar-refractivity contribution < 1.29 is 4.79 Å². The molecule has 1 heterocycles. The van der Waals surface area contributed by atoms with Crippen LogP contribution in [0.25, 0.3) is 10.9 Å². The molecule has 0 saturated heterocycles. The molecule has 0 spiro atoms. The van der Waals surface area contributed by atoms with E-state index in [2.05, 4.69) is 10.3 Å². The first-order chi connectivity index (χ1) is 9.13. The summed E-state index contributed by atoms with van der Waals surface area (Å²) in [5.41, 5.74) is 8.34. The second-order valence-electron chi connectivity index (χ2n) is 5.18. The second kappa shape index (κ2) is 4.63. The Bertz CT molecular complexity index is 634. The summed E-state index contributed by atoms with van der Waals surface area (Å²) in [5, 5.41) is 4.32. The van der Waals surface area contributed by atoms with Crippen molar-refractivity contribution in [2.45, 2.75) is 31.8 Å². The Kier molecular flexibility index (Phi) is 2.95. The number of carbonyl (C=O) groups excluding carboxylic acids is 1. The molecule has 98 valence electrons. The Labute approximate surface area is 112 Å². The number of hydrogen-bond donors (Lipinski definition) is 2. The quantitative estimate of drug-likeness (QED) is 0.875. The van der Waals surface area contributed by atoms with Gasteiger partial charge in [0.05, 0.1) is 5.52 Å². The minimum atomic E-state index is -0.404. The molecule has 1 aromatic carbocycles. The Balaban J connectivity index is 1.97. The molecule has 1 amide bonds. The number of aromatic nitrogens is 1. The first-order valence-corrected chi connectivity index (χ1v) is 6.56. The molecule has 4 nitrogen and oxygen atoms in total. The van der Waals surface area contributed by atoms with E-state index in [0.29, 0.717) is 6.04 Å². The van der Waals surface area contributed by atoms with E-state index < -0.39 is 6.04 Å². The van der Waals surface area contributed by atoms with Crippen molar-refractivity contribution in [2.75, 3.05) is 0 Å². The smallest absolute Gasteiger partial charge is 0.239 e. The van der Waals surface area contributed by atoms with Crippen molar-refractivity contribution in [1.82, 2.24) is 10.3 Å². The Hall–Kier alpha value is -1.94. The fraction of sp³-hybridized carbons (Fsp3) is 0.333. The first kappa shape index (κ1) is 12.1. The molecule has 3 rings (SSSR count). The van der Waals surface area contributed by atoms with Crippen molar-refractivity contribution in [3.05, 3.63) is 41.6 Å². The van der Waals surface area contributed by atoms with E-state index in [9.17, 15) is 4.79 Å². The van der Waals surface area contributed by atoms with Crippen molar-refractivity contribution in [3.63, 3.8) is 0 Å². The zero-order chi connectivity index (χ0) is 13.4. The molecule has 1 unspecified atom stereocenters. The lowest BCUT2D eigenvalue weighted by molar-refractivity contribution is -0.120. The lowest BCUT2D eigenvalue weighted by Gasteiger charge is -2.16. The minimum Gasteiger partial charge on any atom is -0.368 e. The predicted molar refractivity (Wildman–Crippen MR) is 74.6 cm³/mol. The molecule has 0 radical (unpaired) electrons. The van der Waals surface area contributed by atoms with Crippen LogP contribution in [-0.4, -0.2) is 16.9 Å². The van der Waals surface area contributed by atoms with E-state index in [1.165, 1.54) is 0 Å². The van der Waals surface area contributed by atoms with Gasteiger partial charge in [0.1, 0.15) is 6.04 Å². The third-order valence-corrected chi connectivity index (χ3v) is 3.45. The fourth-order valence-electron chi connectivity index (χ4n) is 2.25. The number of nitrogens with zero attached hydrogens (tertiary/aromatic N) is 1. The van der Waals surface area contributed by atoms with E-state index in [-0.39, 0.29) is 5.91 Å². The van der Waals surface area contributed by atoms with E-state index in [4.69, 9.17) is 5.73 Å². The monoisotopic (exact) mass is 255 g/mol. The van der Waals surface area contributed by atoms with Gasteiger partial charge in [-0.05, 0) is 43.5 Å². The van der Waals surface area contributed by atoms with Gasteiger partial charge in [0, 0.05) is 17.1 Å². The second-order valence-corrected chi connectivity index (χ2v) is 5.18. The summed E-state index contributed by atoms with van der Waals surface area (Å²) in [6, 6.07) is 9.90. The molecule has 0 bridgehead atoms. The maximum absolute atomic E-state index is 11.6. The zero-order valence-electron chi connectivity index (χ0n) is 10.9. The summed E-state index contributed by atoms with van der Waals surface area (Å²) in [7, 11) is 0. The molecule has 1 fully saturated rings. The third-order valence-electron chi connectivity index (χ3n) is 3.45. The van der Waals surface area contributed by atoms with Crippen LogP contribution in [0.1, 0.15) is 30.1 Å². The van der Waals surface area contributed by atoms with Gasteiger partial charge in [0.15, 0.2) is 0 Å². The number of pyridine rings is 1. The van der Waals surface area contributed by atoms with Crippen LogP contribution in [0.4, 0.5) is 0 Å². The summed E-state index contributed by atoms with van der Waals surface area (Å²) >= 11 is 0. The molecular weight excluding hydrogens is 238 g/mol. The standard InChI is InChI=1S/C15H17N3O/c1-9-2-3-10-8-11(4-7-13(10)17-9)14(15(16)19)18-12-5-6-12/h2-4,7-8,12,14,18H,5-6H2,1H3,(H2,16,19). The van der Waals surface area contributed by atoms with E-state index in [0.717, 1.165) is 35.0 Å². The van der Waals surface area contributed by atoms with Crippen LogP contribution in [0.2, 0.25) is 0 Å². The Morgan fingerprint density at radius 2 is 2.16 bits per heavy atom. The van der Waals surface area contributed by atoms with Crippen molar-refractivity contribution in [1.29, 1.82) is 0 Å². The SMILES string of the molecule is Cc1ccc2cc(C(NC3CC3)C(N)=O)ccc2n1. The average Bonchev–Trinajstić information content (AvgIpc) is 3.19. The van der Waals surface area contributed by atoms with Gasteiger partial charge in [0.2, 0.25) is 5.91 Å². The number of aryl methyl sites for hydroxylation is 1. The molecule has 1 aliphatic carbocycles. The Morgan fingerprint density at radius 1 is 1.37 bits per heavy atom. The van der Waals surface area contributed by atoms with E-state index in [1.807, 2.05) is 37.3 Å². The molecule has 2 aromatic rings. The number of benzene rings is 1. The van der Waals surface area contributed by atoms with Gasteiger partial charge in [-0.3, -0.25) is 15.1 Å². The lowest BCUT2D eigenvalue weighted by atomic mass is 10.0. The number of carbonyl (C=O) groups is 1. The van der Waals surface area contributed by atoms with Crippen LogP contribution in [0.3, 0.4) is 0 Å². The number of primary amides is 1. The number of fused-ring (bicyclic) bond motifs is 1. The highest BCUT2D eigenvalue weighted by Gasteiger charge is 2.28. The zero-order valence-corrected chi connectivity index (χ0v) is 10.9. The fourth-order valence-corrected chi connectivity index (χ4v) is 2.25. The Morgan fingerprint density at radius 3 is 2.84 bits per heavy atom. The lowest BCUT2D eigenvalue weighted by Crippen LogP contribution is -2.34. The number of nitrogens with two attached hydrogens (primary N) is 1. The molecule has 4 heteroatoms. The van der Waals surface area contributed by atoms with E-state index in [1.54, 1.807) is 0 Å². The maximum atomic E-state index is 11.6. The highest BCUT2D eigenvalue weighted by atomic mass is 16.1. The van der Waals surface area contributed by atoms with Crippen molar-refractivity contribution in [2.24, 2.45) is 5.73 Å². The summed E-state index contributed by atoms with van der Waals surface area (Å²) in [4.78, 5) is 16.1. The van der Waals surface area contributed by atoms with Crippen LogP contribution >= 0.6 is 0 Å². The highest BCUT2D eigenvalue weighted by molar-refractivity contribution is 5.85. The van der Waals surface area contributed by atoms with Crippen LogP contribution in [0.15, 0.2) is 30.3 Å². The van der Waals surface area contributed by atoms with Gasteiger partial charge in [-0.2, -0.15) is 0 Å². The third kappa shape index (κ3) is 2.58. The molecule has 1 aromatic heterocycles. The van der Waals surface area contributed by atoms with Gasteiger partial charge in [-0.1, -0.05) is 12.1 Å². The van der Waals surface area contributed by atoms with Gasteiger partial charge in [-0.15, -0.1) is 0 Å². The van der Waals surface area contributed by atoms with E-state index >= 15 is 0 Å². The van der Waals surface area contributed by atoms with Crippen molar-refractivity contribution in [3.8, 4) is 0 Å². The van der Waals surface area contributed by atoms with Crippen LogP contribution in [-0.2, 0) is 4.79 Å². The van der Waals surface area contributed by atoms with Crippen LogP contribution < -0.4 is 11.1 Å². The molecule has 19 heavy (non-hydrogen) atoms. The summed E-state index contributed by atoms with van der Waals surface area (Å²) < 4.78 is 0. The number of amides is 1. The van der Waals surface area contributed by atoms with Gasteiger partial charge >= 0.3 is 0 Å². The summed E-state index contributed by atoms with van der Waals surface area (Å²) in [5.74, 6) is -0.327. The summed E-state index contributed by atoms with van der Waals surface area (Å²) in [6.45, 7) is 1.97. The van der Waals surface area contributed by atoms with Gasteiger partial charge < -0.3 is 5.73 Å². The van der Waals surface area contributed by atoms with Gasteiger partial charge in [0.25, 0.3) is 0 Å². The van der Waals surface area contributed by atoms with Crippen LogP contribution in [0, 0.1) is 6.92 Å². The molecule has 0 aliphatic heterocycles. The van der Waals surface area contributed by atoms with Crippen LogP contribution in [0.5, 0.6) is 0 Å². The highest BCUT2D eigenvalue weighted by Crippen LogP contribution is 2.25. The summed E-state index contributed by atoms with van der Waals surface area (Å²) in [6.07, 6.45) is 2.25. The minimum absolute atomic E-state index is 0.327. The number of rotatable bonds is 4. The normalized spacial score (nSPS) is 16.5.